The van der Waals surface area contributed by atoms with Gasteiger partial charge in [-0.05, 0) is 77.5 Å². The van der Waals surface area contributed by atoms with Crippen LogP contribution >= 0.6 is 0 Å². The van der Waals surface area contributed by atoms with Gasteiger partial charge in [0.15, 0.2) is 9.92 Å². The third kappa shape index (κ3) is 5.80. The summed E-state index contributed by atoms with van der Waals surface area (Å²) >= 11 is 0. The number of urea groups is 1. The number of aliphatic imine (C=N–C) groups is 1. The fraction of sp³-hybridized carbons (Fsp3) is 0.263. The normalized spacial score (nSPS) is 17.0. The predicted molar refractivity (Wildman–Crippen MR) is 188 cm³/mol. The Morgan fingerprint density at radius 3 is 1.81 bits per heavy atom. The number of carbonyl (C=O) groups is 1. The van der Waals surface area contributed by atoms with Gasteiger partial charge in [0.1, 0.15) is 10.4 Å². The number of hydrogen-bond donors (Lipinski definition) is 3. The minimum Gasteiger partial charge on any atom is -0.477 e. The van der Waals surface area contributed by atoms with Gasteiger partial charge in [-0.2, -0.15) is 4.36 Å². The molecule has 0 radical (unpaired) electrons. The smallest absolute Gasteiger partial charge is 0.331 e. The number of hydrogen-bond acceptors (Lipinski definition) is 6. The molecule has 4 N–H and O–H groups in total. The first-order valence-corrected chi connectivity index (χ1v) is 17.8. The molecule has 4 aromatic rings. The number of rotatable bonds is 8. The van der Waals surface area contributed by atoms with Crippen molar-refractivity contribution in [3.8, 4) is 0 Å². The zero-order valence-electron chi connectivity index (χ0n) is 26.3. The molecule has 2 amide bonds. The molecule has 1 atom stereocenters. The van der Waals surface area contributed by atoms with Gasteiger partial charge in [-0.25, -0.2) is 13.7 Å². The molecule has 1 aliphatic heterocycles. The second-order valence-corrected chi connectivity index (χ2v) is 14.0. The maximum Gasteiger partial charge on any atom is 0.331 e. The highest BCUT2D eigenvalue weighted by molar-refractivity contribution is 7.97. The zero-order chi connectivity index (χ0) is 32.3. The number of aryl methyl sites for hydroxylation is 2. The van der Waals surface area contributed by atoms with Gasteiger partial charge < -0.3 is 15.8 Å². The molecule has 0 saturated heterocycles. The molecule has 240 valence electrons. The van der Waals surface area contributed by atoms with Crippen LogP contribution < -0.4 is 15.8 Å². The lowest BCUT2D eigenvalue weighted by Crippen LogP contribution is -2.41. The quantitative estimate of drug-likeness (QED) is 0.183. The number of ether oxygens (including phenoxy) is 1. The Labute approximate surface area is 276 Å². The van der Waals surface area contributed by atoms with Crippen molar-refractivity contribution in [1.82, 2.24) is 4.72 Å². The molecular formula is C38H39N5O3S. The number of anilines is 1. The van der Waals surface area contributed by atoms with Gasteiger partial charge in [0.05, 0.1) is 6.61 Å². The first kappa shape index (κ1) is 30.7. The van der Waals surface area contributed by atoms with Crippen molar-refractivity contribution >= 4 is 27.5 Å². The summed E-state index contributed by atoms with van der Waals surface area (Å²) in [6.45, 7) is 0.874. The van der Waals surface area contributed by atoms with Crippen molar-refractivity contribution in [2.45, 2.75) is 50.5 Å². The minimum absolute atomic E-state index is 0.0306. The Hall–Kier alpha value is -4.89. The lowest BCUT2D eigenvalue weighted by molar-refractivity contribution is 0.256. The molecule has 0 spiro atoms. The fourth-order valence-electron chi connectivity index (χ4n) is 7.14. The van der Waals surface area contributed by atoms with Crippen LogP contribution in [0.3, 0.4) is 0 Å². The van der Waals surface area contributed by atoms with Gasteiger partial charge in [0, 0.05) is 24.9 Å². The maximum atomic E-state index is 15.8. The molecule has 4 aromatic carbocycles. The molecule has 8 nitrogen and oxygen atoms in total. The summed E-state index contributed by atoms with van der Waals surface area (Å²) in [7, 11) is -3.89. The lowest BCUT2D eigenvalue weighted by atomic mass is 9.78. The Morgan fingerprint density at radius 1 is 0.809 bits per heavy atom. The first-order valence-electron chi connectivity index (χ1n) is 16.3. The van der Waals surface area contributed by atoms with E-state index in [9.17, 15) is 4.79 Å². The SMILES string of the molecule is NC=C(C1=NCCCO1)S(=O)(=NC(c1ccccc1)(c1ccccc1)c1ccccc1)NC(=O)Nc1c2c(cc3c1CCC3)CCC2. The van der Waals surface area contributed by atoms with Crippen LogP contribution in [0.15, 0.2) is 118 Å². The van der Waals surface area contributed by atoms with E-state index in [2.05, 4.69) is 21.1 Å². The van der Waals surface area contributed by atoms with Crippen LogP contribution in [0.2, 0.25) is 0 Å². The topological polar surface area (TPSA) is 118 Å². The number of carbonyl (C=O) groups excluding carboxylic acids is 1. The number of amides is 2. The van der Waals surface area contributed by atoms with Crippen molar-refractivity contribution in [3.63, 3.8) is 0 Å². The number of fused-ring (bicyclic) bond motifs is 2. The third-order valence-corrected chi connectivity index (χ3v) is 11.1. The Morgan fingerprint density at radius 2 is 1.34 bits per heavy atom. The highest BCUT2D eigenvalue weighted by Crippen LogP contribution is 2.43. The van der Waals surface area contributed by atoms with E-state index in [1.807, 2.05) is 91.0 Å². The third-order valence-electron chi connectivity index (χ3n) is 9.24. The monoisotopic (exact) mass is 645 g/mol. The second kappa shape index (κ2) is 13.1. The molecule has 3 aliphatic rings. The van der Waals surface area contributed by atoms with Crippen molar-refractivity contribution in [2.24, 2.45) is 15.1 Å². The number of nitrogens with two attached hydrogens (primary N) is 1. The number of benzene rings is 4. The van der Waals surface area contributed by atoms with Crippen LogP contribution in [0.25, 0.3) is 0 Å². The van der Waals surface area contributed by atoms with Gasteiger partial charge in [-0.15, -0.1) is 0 Å². The molecule has 1 unspecified atom stereocenters. The zero-order valence-corrected chi connectivity index (χ0v) is 27.1. The molecule has 0 fully saturated rings. The summed E-state index contributed by atoms with van der Waals surface area (Å²) in [5.74, 6) is 0.123. The summed E-state index contributed by atoms with van der Waals surface area (Å²) in [4.78, 5) is 18.8. The molecular weight excluding hydrogens is 607 g/mol. The standard InChI is InChI=1S/C38H39N5O3S/c39-26-34(36-40-23-12-24-46-36)47(45,42-37(44)41-35-32-21-10-13-27(32)25-28-14-11-22-33(28)35)43-38(29-15-4-1-5-16-29,30-17-6-2-7-18-30)31-19-8-3-9-20-31/h1-9,15-20,25-26H,10-14,21-24,39H2,(H2,41,42,43,44,45). The lowest BCUT2D eigenvalue weighted by Gasteiger charge is -2.33. The first-order chi connectivity index (χ1) is 23.0. The van der Waals surface area contributed by atoms with Crippen LogP contribution in [0.4, 0.5) is 10.5 Å². The molecule has 0 saturated carbocycles. The molecule has 9 heteroatoms. The molecule has 0 aromatic heterocycles. The highest BCUT2D eigenvalue weighted by atomic mass is 32.2. The van der Waals surface area contributed by atoms with Crippen LogP contribution in [-0.4, -0.2) is 29.3 Å². The maximum absolute atomic E-state index is 15.8. The van der Waals surface area contributed by atoms with Crippen LogP contribution in [0, 0.1) is 0 Å². The van der Waals surface area contributed by atoms with E-state index < -0.39 is 21.5 Å². The van der Waals surface area contributed by atoms with Crippen molar-refractivity contribution in [1.29, 1.82) is 0 Å². The highest BCUT2D eigenvalue weighted by Gasteiger charge is 2.40. The van der Waals surface area contributed by atoms with E-state index in [1.54, 1.807) is 0 Å². The van der Waals surface area contributed by atoms with Gasteiger partial charge in [-0.1, -0.05) is 97.1 Å². The van der Waals surface area contributed by atoms with E-state index in [1.165, 1.54) is 28.5 Å². The average molecular weight is 646 g/mol. The van der Waals surface area contributed by atoms with Crippen LogP contribution in [0.5, 0.6) is 0 Å². The van der Waals surface area contributed by atoms with Crippen LogP contribution in [-0.2, 0) is 45.9 Å². The number of nitrogens with zero attached hydrogens (tertiary/aromatic N) is 2. The Balaban J connectivity index is 1.44. The molecule has 7 rings (SSSR count). The van der Waals surface area contributed by atoms with Crippen molar-refractivity contribution < 1.29 is 13.7 Å². The molecule has 2 aliphatic carbocycles. The molecule has 1 heterocycles. The summed E-state index contributed by atoms with van der Waals surface area (Å²) < 4.78 is 29.8. The van der Waals surface area contributed by atoms with E-state index in [-0.39, 0.29) is 10.8 Å². The number of nitrogens with one attached hydrogen (secondary N) is 2. The summed E-state index contributed by atoms with van der Waals surface area (Å²) in [6.07, 6.45) is 7.81. The Kier molecular flexibility index (Phi) is 8.56. The van der Waals surface area contributed by atoms with Crippen molar-refractivity contribution in [3.05, 3.63) is 147 Å². The van der Waals surface area contributed by atoms with E-state index >= 15 is 4.21 Å². The predicted octanol–water partition coefficient (Wildman–Crippen LogP) is 6.78. The van der Waals surface area contributed by atoms with Gasteiger partial charge in [0.25, 0.3) is 0 Å². The van der Waals surface area contributed by atoms with Crippen LogP contribution in [0.1, 0.15) is 58.2 Å². The average Bonchev–Trinajstić information content (AvgIpc) is 3.79. The Bertz CT molecular complexity index is 1840. The minimum atomic E-state index is -3.89. The van der Waals surface area contributed by atoms with Crippen molar-refractivity contribution in [2.75, 3.05) is 18.5 Å². The second-order valence-electron chi connectivity index (χ2n) is 12.1. The van der Waals surface area contributed by atoms with E-state index in [4.69, 9.17) is 14.8 Å². The largest absolute Gasteiger partial charge is 0.477 e. The summed E-state index contributed by atoms with van der Waals surface area (Å²) in [6, 6.07) is 30.8. The fourth-order valence-corrected chi connectivity index (χ4v) is 8.94. The van der Waals surface area contributed by atoms with Gasteiger partial charge in [-0.3, -0.25) is 4.99 Å². The van der Waals surface area contributed by atoms with E-state index in [0.717, 1.165) is 67.3 Å². The molecule has 47 heavy (non-hydrogen) atoms. The van der Waals surface area contributed by atoms with Gasteiger partial charge >= 0.3 is 6.03 Å². The summed E-state index contributed by atoms with van der Waals surface area (Å²) in [5, 5.41) is 3.15. The summed E-state index contributed by atoms with van der Waals surface area (Å²) in [5.41, 5.74) is 13.0. The van der Waals surface area contributed by atoms with E-state index in [0.29, 0.717) is 13.2 Å². The van der Waals surface area contributed by atoms with Gasteiger partial charge in [0.2, 0.25) is 5.90 Å². The molecule has 0 bridgehead atoms.